The number of esters is 1. The third-order valence-electron chi connectivity index (χ3n) is 6.75. The molecule has 4 rings (SSSR count). The first-order valence-corrected chi connectivity index (χ1v) is 14.7. The molecular formula is C29H34ClN5O4S. The van der Waals surface area contributed by atoms with Crippen molar-refractivity contribution in [2.45, 2.75) is 66.0 Å². The Morgan fingerprint density at radius 3 is 2.55 bits per heavy atom. The van der Waals surface area contributed by atoms with E-state index in [1.165, 1.54) is 28.2 Å². The number of methoxy groups -OCH3 is 1. The number of carbonyl (C=O) groups excluding carboxylic acids is 3. The summed E-state index contributed by atoms with van der Waals surface area (Å²) >= 11 is 8.08. The average molecular weight is 584 g/mol. The third-order valence-corrected chi connectivity index (χ3v) is 7.92. The summed E-state index contributed by atoms with van der Waals surface area (Å²) in [7, 11) is 1.33. The number of rotatable bonds is 12. The summed E-state index contributed by atoms with van der Waals surface area (Å²) < 4.78 is 6.82. The fraction of sp³-hybridized carbons (Fsp3) is 0.414. The van der Waals surface area contributed by atoms with Gasteiger partial charge in [-0.25, -0.2) is 19.6 Å². The molecule has 2 aromatic heterocycles. The average Bonchev–Trinajstić information content (AvgIpc) is 3.59. The van der Waals surface area contributed by atoms with Crippen molar-refractivity contribution in [1.82, 2.24) is 24.3 Å². The Kier molecular flexibility index (Phi) is 9.76. The van der Waals surface area contributed by atoms with Crippen LogP contribution in [0.25, 0.3) is 6.08 Å². The lowest BCUT2D eigenvalue weighted by Crippen LogP contribution is -2.33. The second kappa shape index (κ2) is 13.2. The maximum absolute atomic E-state index is 13.5. The second-order valence-electron chi connectivity index (χ2n) is 9.65. The molecule has 1 aliphatic rings. The highest BCUT2D eigenvalue weighted by Gasteiger charge is 2.41. The largest absolute Gasteiger partial charge is 0.465 e. The van der Waals surface area contributed by atoms with Crippen molar-refractivity contribution in [1.29, 1.82) is 0 Å². The number of nitrogens with zero attached hydrogens (tertiary/aromatic N) is 5. The number of carbonyl (C=O) groups is 3. The summed E-state index contributed by atoms with van der Waals surface area (Å²) in [6.07, 6.45) is 7.75. The number of amides is 3. The number of unbranched alkanes of at least 4 members (excludes halogenated alkanes) is 2. The number of thiazole rings is 1. The van der Waals surface area contributed by atoms with Gasteiger partial charge in [0.1, 0.15) is 11.5 Å². The van der Waals surface area contributed by atoms with Crippen molar-refractivity contribution < 1.29 is 19.1 Å². The van der Waals surface area contributed by atoms with Gasteiger partial charge in [0.15, 0.2) is 0 Å². The van der Waals surface area contributed by atoms with Crippen LogP contribution in [0, 0.1) is 6.92 Å². The number of urea groups is 1. The maximum atomic E-state index is 13.5. The molecule has 3 amide bonds. The number of hydrogen-bond acceptors (Lipinski definition) is 7. The number of benzene rings is 1. The van der Waals surface area contributed by atoms with Gasteiger partial charge >= 0.3 is 12.0 Å². The summed E-state index contributed by atoms with van der Waals surface area (Å²) in [5, 5.41) is 3.23. The van der Waals surface area contributed by atoms with E-state index in [4.69, 9.17) is 16.3 Å². The Balaban J connectivity index is 1.74. The Morgan fingerprint density at radius 1 is 1.12 bits per heavy atom. The van der Waals surface area contributed by atoms with Crippen LogP contribution >= 0.6 is 22.9 Å². The number of hydrogen-bond donors (Lipinski definition) is 0. The molecule has 1 fully saturated rings. The minimum atomic E-state index is -0.461. The van der Waals surface area contributed by atoms with Crippen molar-refractivity contribution in [2.24, 2.45) is 0 Å². The van der Waals surface area contributed by atoms with E-state index in [1.807, 2.05) is 23.8 Å². The number of aryl methyl sites for hydroxylation is 2. The zero-order valence-corrected chi connectivity index (χ0v) is 24.8. The first-order valence-electron chi connectivity index (χ1n) is 13.4. The van der Waals surface area contributed by atoms with Gasteiger partial charge in [-0.2, -0.15) is 0 Å². The Hall–Kier alpha value is -3.50. The Morgan fingerprint density at radius 2 is 1.90 bits per heavy atom. The molecule has 0 atom stereocenters. The van der Waals surface area contributed by atoms with E-state index < -0.39 is 5.97 Å². The molecule has 212 valence electrons. The second-order valence-corrected chi connectivity index (χ2v) is 11.1. The van der Waals surface area contributed by atoms with E-state index in [-0.39, 0.29) is 18.5 Å². The number of imidazole rings is 1. The van der Waals surface area contributed by atoms with Crippen LogP contribution in [0.5, 0.6) is 0 Å². The third kappa shape index (κ3) is 6.45. The van der Waals surface area contributed by atoms with Crippen molar-refractivity contribution in [3.63, 3.8) is 0 Å². The fourth-order valence-electron chi connectivity index (χ4n) is 4.53. The van der Waals surface area contributed by atoms with E-state index in [0.29, 0.717) is 35.1 Å². The van der Waals surface area contributed by atoms with Crippen LogP contribution in [-0.4, -0.2) is 55.9 Å². The molecule has 0 bridgehead atoms. The zero-order chi connectivity index (χ0) is 28.8. The monoisotopic (exact) mass is 583 g/mol. The molecule has 3 heterocycles. The van der Waals surface area contributed by atoms with E-state index in [9.17, 15) is 14.4 Å². The highest BCUT2D eigenvalue weighted by molar-refractivity contribution is 7.09. The lowest BCUT2D eigenvalue weighted by atomic mass is 10.1. The molecule has 0 N–H and O–H groups in total. The van der Waals surface area contributed by atoms with Crippen LogP contribution in [0.4, 0.5) is 4.79 Å². The van der Waals surface area contributed by atoms with E-state index in [1.54, 1.807) is 30.5 Å². The lowest BCUT2D eigenvalue weighted by molar-refractivity contribution is -0.123. The predicted octanol–water partition coefficient (Wildman–Crippen LogP) is 6.08. The molecule has 1 aliphatic heterocycles. The van der Waals surface area contributed by atoms with Crippen LogP contribution < -0.4 is 0 Å². The molecule has 9 nitrogen and oxygen atoms in total. The Bertz CT molecular complexity index is 1430. The molecule has 1 aromatic carbocycles. The summed E-state index contributed by atoms with van der Waals surface area (Å²) in [5.41, 5.74) is 2.87. The van der Waals surface area contributed by atoms with Gasteiger partial charge in [0.2, 0.25) is 0 Å². The first kappa shape index (κ1) is 29.5. The van der Waals surface area contributed by atoms with Crippen molar-refractivity contribution in [3.8, 4) is 0 Å². The predicted molar refractivity (Wildman–Crippen MR) is 155 cm³/mol. The molecule has 0 radical (unpaired) electrons. The van der Waals surface area contributed by atoms with Gasteiger partial charge in [0, 0.05) is 23.4 Å². The maximum Gasteiger partial charge on any atom is 0.337 e. The summed E-state index contributed by atoms with van der Waals surface area (Å²) in [6.45, 7) is 7.00. The van der Waals surface area contributed by atoms with Gasteiger partial charge in [-0.05, 0) is 43.5 Å². The minimum absolute atomic E-state index is 0.209. The number of ether oxygens (including phenoxy) is 1. The smallest absolute Gasteiger partial charge is 0.337 e. The quantitative estimate of drug-likeness (QED) is 0.145. The highest BCUT2D eigenvalue weighted by atomic mass is 35.5. The molecule has 0 aliphatic carbocycles. The van der Waals surface area contributed by atoms with Gasteiger partial charge in [0.25, 0.3) is 5.91 Å². The van der Waals surface area contributed by atoms with Crippen LogP contribution in [0.15, 0.2) is 35.5 Å². The lowest BCUT2D eigenvalue weighted by Gasteiger charge is -2.16. The van der Waals surface area contributed by atoms with Gasteiger partial charge in [0.05, 0.1) is 48.4 Å². The topological polar surface area (TPSA) is 97.6 Å². The Labute approximate surface area is 243 Å². The standard InChI is InChI=1S/C29H34ClN5O4S/c1-5-7-9-26-31-15-23(34(26)16-21-11-10-20(13-24(21)30)28(37)39-4)14-25-27(36)33(12-8-6-2)29(38)35(25)17-22-18-40-19(3)32-22/h10-11,13-15,18H,5-9,12,16-17H2,1-4H3/b25-14-. The fourth-order valence-corrected chi connectivity index (χ4v) is 5.37. The summed E-state index contributed by atoms with van der Waals surface area (Å²) in [5.74, 6) is 0.0643. The van der Waals surface area contributed by atoms with Crippen LogP contribution in [0.3, 0.4) is 0 Å². The normalized spacial score (nSPS) is 14.6. The van der Waals surface area contributed by atoms with E-state index in [0.717, 1.165) is 54.2 Å². The number of aromatic nitrogens is 3. The summed E-state index contributed by atoms with van der Waals surface area (Å²) in [4.78, 5) is 50.9. The molecule has 11 heteroatoms. The van der Waals surface area contributed by atoms with Gasteiger partial charge in [-0.15, -0.1) is 11.3 Å². The molecule has 0 saturated carbocycles. The summed E-state index contributed by atoms with van der Waals surface area (Å²) in [6, 6.07) is 4.72. The van der Waals surface area contributed by atoms with E-state index >= 15 is 0 Å². The molecule has 40 heavy (non-hydrogen) atoms. The van der Waals surface area contributed by atoms with Crippen molar-refractivity contribution in [3.05, 3.63) is 73.8 Å². The van der Waals surface area contributed by atoms with Crippen molar-refractivity contribution >= 4 is 46.9 Å². The number of halogens is 1. The van der Waals surface area contributed by atoms with Crippen LogP contribution in [0.2, 0.25) is 5.02 Å². The van der Waals surface area contributed by atoms with Crippen LogP contribution in [-0.2, 0) is 29.0 Å². The van der Waals surface area contributed by atoms with Crippen LogP contribution in [0.1, 0.15) is 77.7 Å². The van der Waals surface area contributed by atoms with E-state index in [2.05, 4.69) is 16.9 Å². The molecular weight excluding hydrogens is 550 g/mol. The van der Waals surface area contributed by atoms with Crippen molar-refractivity contribution in [2.75, 3.05) is 13.7 Å². The van der Waals surface area contributed by atoms with Gasteiger partial charge < -0.3 is 9.30 Å². The number of imide groups is 1. The van der Waals surface area contributed by atoms with Gasteiger partial charge in [-0.3, -0.25) is 14.6 Å². The minimum Gasteiger partial charge on any atom is -0.465 e. The SMILES string of the molecule is CCCCc1ncc(/C=C2/C(=O)N(CCCC)C(=O)N2Cc2csc(C)n2)n1Cc1ccc(C(=O)OC)cc1Cl. The molecule has 1 saturated heterocycles. The molecule has 3 aromatic rings. The first-order chi connectivity index (χ1) is 19.3. The highest BCUT2D eigenvalue weighted by Crippen LogP contribution is 2.28. The molecule has 0 unspecified atom stereocenters. The molecule has 0 spiro atoms. The zero-order valence-electron chi connectivity index (χ0n) is 23.3. The van der Waals surface area contributed by atoms with Gasteiger partial charge in [-0.1, -0.05) is 44.4 Å².